The van der Waals surface area contributed by atoms with E-state index in [-0.39, 0.29) is 12.5 Å². The van der Waals surface area contributed by atoms with Crippen molar-refractivity contribution >= 4 is 18.2 Å². The summed E-state index contributed by atoms with van der Waals surface area (Å²) in [6.45, 7) is 3.83. The summed E-state index contributed by atoms with van der Waals surface area (Å²) >= 11 is 0. The van der Waals surface area contributed by atoms with Crippen LogP contribution >= 0.6 is 0 Å². The average Bonchev–Trinajstić information content (AvgIpc) is 2.54. The van der Waals surface area contributed by atoms with Crippen molar-refractivity contribution in [3.05, 3.63) is 71.3 Å². The van der Waals surface area contributed by atoms with E-state index in [9.17, 15) is 4.79 Å². The minimum absolute atomic E-state index is 0.0672. The van der Waals surface area contributed by atoms with Crippen molar-refractivity contribution in [2.75, 3.05) is 6.61 Å². The standard InChI is InChI=1S/C19H20N2O2/c1-15-7-6-10-18(12-15)23-14-19(22)21-20-13-16(2)11-17-8-4-3-5-9-17/h3-13H,14H2,1-2H3,(H,21,22)/b16-11-,20-13?. The zero-order valence-electron chi connectivity index (χ0n) is 13.3. The number of hydrogen-bond acceptors (Lipinski definition) is 3. The van der Waals surface area contributed by atoms with Gasteiger partial charge in [0.25, 0.3) is 5.91 Å². The molecule has 0 aliphatic rings. The Balaban J connectivity index is 1.78. The van der Waals surface area contributed by atoms with Crippen molar-refractivity contribution in [2.45, 2.75) is 13.8 Å². The molecule has 2 rings (SSSR count). The van der Waals surface area contributed by atoms with Crippen LogP contribution in [0.5, 0.6) is 5.75 Å². The summed E-state index contributed by atoms with van der Waals surface area (Å²) < 4.78 is 5.40. The molecule has 4 heteroatoms. The largest absolute Gasteiger partial charge is 0.484 e. The van der Waals surface area contributed by atoms with Gasteiger partial charge in [0.2, 0.25) is 0 Å². The number of rotatable bonds is 6. The number of nitrogens with one attached hydrogen (secondary N) is 1. The number of allylic oxidation sites excluding steroid dienone is 1. The van der Waals surface area contributed by atoms with E-state index in [1.165, 1.54) is 0 Å². The lowest BCUT2D eigenvalue weighted by Gasteiger charge is -2.05. The van der Waals surface area contributed by atoms with Gasteiger partial charge < -0.3 is 4.74 Å². The van der Waals surface area contributed by atoms with Gasteiger partial charge in [0.1, 0.15) is 5.75 Å². The quantitative estimate of drug-likeness (QED) is 0.655. The maximum atomic E-state index is 11.7. The van der Waals surface area contributed by atoms with Gasteiger partial charge >= 0.3 is 0 Å². The maximum Gasteiger partial charge on any atom is 0.277 e. The predicted molar refractivity (Wildman–Crippen MR) is 93.4 cm³/mol. The number of hydrogen-bond donors (Lipinski definition) is 1. The first kappa shape index (κ1) is 16.5. The number of benzene rings is 2. The molecule has 0 atom stereocenters. The molecule has 0 aliphatic heterocycles. The van der Waals surface area contributed by atoms with Crippen LogP contribution in [0.1, 0.15) is 18.1 Å². The second kappa shape index (κ2) is 8.54. The van der Waals surface area contributed by atoms with Crippen molar-refractivity contribution in [2.24, 2.45) is 5.10 Å². The third-order valence-electron chi connectivity index (χ3n) is 3.01. The number of amides is 1. The number of ether oxygens (including phenoxy) is 1. The second-order valence-corrected chi connectivity index (χ2v) is 5.20. The minimum atomic E-state index is -0.296. The van der Waals surface area contributed by atoms with Gasteiger partial charge in [0, 0.05) is 0 Å². The van der Waals surface area contributed by atoms with Gasteiger partial charge in [-0.25, -0.2) is 5.43 Å². The lowest BCUT2D eigenvalue weighted by molar-refractivity contribution is -0.123. The molecule has 0 heterocycles. The number of aryl methyl sites for hydroxylation is 1. The molecule has 4 nitrogen and oxygen atoms in total. The molecular formula is C19H20N2O2. The molecule has 0 saturated heterocycles. The molecule has 118 valence electrons. The molecular weight excluding hydrogens is 288 g/mol. The average molecular weight is 308 g/mol. The number of nitrogens with zero attached hydrogens (tertiary/aromatic N) is 1. The molecule has 1 N–H and O–H groups in total. The number of carbonyl (C=O) groups is 1. The molecule has 0 spiro atoms. The van der Waals surface area contributed by atoms with Crippen LogP contribution in [0.15, 0.2) is 65.3 Å². The maximum absolute atomic E-state index is 11.7. The van der Waals surface area contributed by atoms with Gasteiger partial charge in [0.15, 0.2) is 6.61 Å². The third kappa shape index (κ3) is 6.18. The van der Waals surface area contributed by atoms with Crippen molar-refractivity contribution < 1.29 is 9.53 Å². The molecule has 0 radical (unpaired) electrons. The smallest absolute Gasteiger partial charge is 0.277 e. The Morgan fingerprint density at radius 2 is 1.96 bits per heavy atom. The fourth-order valence-corrected chi connectivity index (χ4v) is 1.94. The highest BCUT2D eigenvalue weighted by molar-refractivity contribution is 5.86. The van der Waals surface area contributed by atoms with E-state index in [2.05, 4.69) is 10.5 Å². The molecule has 1 amide bonds. The van der Waals surface area contributed by atoms with Crippen molar-refractivity contribution in [1.29, 1.82) is 0 Å². The van der Waals surface area contributed by atoms with Crippen LogP contribution in [-0.2, 0) is 4.79 Å². The fraction of sp³-hybridized carbons (Fsp3) is 0.158. The first-order chi connectivity index (χ1) is 11.1. The van der Waals surface area contributed by atoms with Gasteiger partial charge in [0.05, 0.1) is 6.21 Å². The topological polar surface area (TPSA) is 50.7 Å². The van der Waals surface area contributed by atoms with E-state index in [4.69, 9.17) is 4.74 Å². The normalized spacial score (nSPS) is 11.5. The summed E-state index contributed by atoms with van der Waals surface area (Å²) in [6, 6.07) is 17.5. The zero-order chi connectivity index (χ0) is 16.5. The first-order valence-electron chi connectivity index (χ1n) is 7.38. The highest BCUT2D eigenvalue weighted by Gasteiger charge is 2.01. The summed E-state index contributed by atoms with van der Waals surface area (Å²) in [5.74, 6) is 0.375. The Kier molecular flexibility index (Phi) is 6.12. The van der Waals surface area contributed by atoms with Crippen LogP contribution in [0.3, 0.4) is 0 Å². The molecule has 0 fully saturated rings. The highest BCUT2D eigenvalue weighted by Crippen LogP contribution is 2.11. The molecule has 0 aromatic heterocycles. The van der Waals surface area contributed by atoms with Crippen molar-refractivity contribution in [3.63, 3.8) is 0 Å². The summed E-state index contributed by atoms with van der Waals surface area (Å²) in [5.41, 5.74) is 5.56. The third-order valence-corrected chi connectivity index (χ3v) is 3.01. The summed E-state index contributed by atoms with van der Waals surface area (Å²) in [4.78, 5) is 11.7. The van der Waals surface area contributed by atoms with Crippen molar-refractivity contribution in [1.82, 2.24) is 5.43 Å². The van der Waals surface area contributed by atoms with Crippen LogP contribution in [0.4, 0.5) is 0 Å². The fourth-order valence-electron chi connectivity index (χ4n) is 1.94. The molecule has 0 bridgehead atoms. The second-order valence-electron chi connectivity index (χ2n) is 5.20. The first-order valence-corrected chi connectivity index (χ1v) is 7.38. The SMILES string of the molecule is C/C(C=NNC(=O)COc1cccc(C)c1)=C/c1ccccc1. The van der Waals surface area contributed by atoms with E-state index in [0.29, 0.717) is 5.75 Å². The van der Waals surface area contributed by atoms with Crippen LogP contribution in [0, 0.1) is 6.92 Å². The monoisotopic (exact) mass is 308 g/mol. The van der Waals surface area contributed by atoms with E-state index < -0.39 is 0 Å². The van der Waals surface area contributed by atoms with E-state index in [1.807, 2.05) is 74.5 Å². The molecule has 2 aromatic rings. The Hall–Kier alpha value is -2.88. The minimum Gasteiger partial charge on any atom is -0.484 e. The number of hydrazone groups is 1. The predicted octanol–water partition coefficient (Wildman–Crippen LogP) is 3.58. The van der Waals surface area contributed by atoms with Crippen LogP contribution in [0.25, 0.3) is 6.08 Å². The Morgan fingerprint density at radius 3 is 2.70 bits per heavy atom. The molecule has 0 aliphatic carbocycles. The zero-order valence-corrected chi connectivity index (χ0v) is 13.3. The Morgan fingerprint density at radius 1 is 1.17 bits per heavy atom. The van der Waals surface area contributed by atoms with Gasteiger partial charge in [-0.15, -0.1) is 0 Å². The van der Waals surface area contributed by atoms with E-state index >= 15 is 0 Å². The Bertz CT molecular complexity index is 706. The van der Waals surface area contributed by atoms with Crippen LogP contribution in [-0.4, -0.2) is 18.7 Å². The van der Waals surface area contributed by atoms with Crippen LogP contribution in [0.2, 0.25) is 0 Å². The summed E-state index contributed by atoms with van der Waals surface area (Å²) in [5, 5.41) is 3.92. The number of carbonyl (C=O) groups excluding carboxylic acids is 1. The van der Waals surface area contributed by atoms with E-state index in [0.717, 1.165) is 16.7 Å². The van der Waals surface area contributed by atoms with Gasteiger partial charge in [-0.1, -0.05) is 48.5 Å². The molecule has 23 heavy (non-hydrogen) atoms. The molecule has 0 unspecified atom stereocenters. The molecule has 0 saturated carbocycles. The van der Waals surface area contributed by atoms with Crippen molar-refractivity contribution in [3.8, 4) is 5.75 Å². The van der Waals surface area contributed by atoms with Gasteiger partial charge in [-0.05, 0) is 42.7 Å². The molecule has 2 aromatic carbocycles. The summed E-state index contributed by atoms with van der Waals surface area (Å²) in [7, 11) is 0. The lowest BCUT2D eigenvalue weighted by Crippen LogP contribution is -2.24. The summed E-state index contributed by atoms with van der Waals surface area (Å²) in [6.07, 6.45) is 3.59. The van der Waals surface area contributed by atoms with E-state index in [1.54, 1.807) is 6.21 Å². The van der Waals surface area contributed by atoms with Gasteiger partial charge in [-0.3, -0.25) is 4.79 Å². The van der Waals surface area contributed by atoms with Gasteiger partial charge in [-0.2, -0.15) is 5.10 Å². The lowest BCUT2D eigenvalue weighted by atomic mass is 10.1. The van der Waals surface area contributed by atoms with Crippen LogP contribution < -0.4 is 10.2 Å². The Labute approximate surface area is 136 Å². The highest BCUT2D eigenvalue weighted by atomic mass is 16.5.